The molecule has 6 rings (SSSR count). The number of nitrogens with zero attached hydrogens (tertiary/aromatic N) is 1. The van der Waals surface area contributed by atoms with Gasteiger partial charge in [0.25, 0.3) is 0 Å². The first-order valence-corrected chi connectivity index (χ1v) is 18.5. The van der Waals surface area contributed by atoms with Gasteiger partial charge in [-0.1, -0.05) is 36.4 Å². The maximum atomic E-state index is 15.4. The predicted molar refractivity (Wildman–Crippen MR) is 198 cm³/mol. The number of hydrogen-bond donors (Lipinski definition) is 0. The van der Waals surface area contributed by atoms with Crippen molar-refractivity contribution >= 4 is 45.7 Å². The van der Waals surface area contributed by atoms with Crippen molar-refractivity contribution in [2.75, 3.05) is 14.2 Å². The summed E-state index contributed by atoms with van der Waals surface area (Å²) in [6.07, 6.45) is -3.76. The molecule has 0 N–H and O–H groups in total. The Morgan fingerprint density at radius 2 is 0.629 bits per heavy atom. The molecule has 0 aliphatic heterocycles. The first-order chi connectivity index (χ1) is 32.8. The number of carbonyl (C=O) groups excluding carboxylic acids is 3. The molecule has 0 aliphatic rings. The van der Waals surface area contributed by atoms with Gasteiger partial charge in [-0.3, -0.25) is 4.79 Å². The Morgan fingerprint density at radius 1 is 0.386 bits per heavy atom. The molecule has 0 aliphatic carbocycles. The van der Waals surface area contributed by atoms with Gasteiger partial charge in [-0.15, -0.1) is 21.9 Å². The minimum absolute atomic E-state index is 0.00102. The van der Waals surface area contributed by atoms with E-state index in [1.807, 2.05) is 6.07 Å². The Labute approximate surface area is 376 Å². The van der Waals surface area contributed by atoms with Crippen molar-refractivity contribution in [2.24, 2.45) is 0 Å². The smallest absolute Gasteiger partial charge is 0.345 e. The predicted octanol–water partition coefficient (Wildman–Crippen LogP) is 7.35. The van der Waals surface area contributed by atoms with Crippen LogP contribution in [0.3, 0.4) is 0 Å². The molecule has 0 bridgehead atoms. The number of carbonyl (C=O) groups is 3. The number of pyridine rings is 1. The fourth-order valence-corrected chi connectivity index (χ4v) is 7.16. The summed E-state index contributed by atoms with van der Waals surface area (Å²) in [6.45, 7) is 0.0219. The molecule has 0 saturated carbocycles. The normalized spacial score (nSPS) is 11.2. The minimum Gasteiger partial charge on any atom is -0.465 e. The van der Waals surface area contributed by atoms with Gasteiger partial charge in [0, 0.05) is 17.7 Å². The van der Waals surface area contributed by atoms with Crippen LogP contribution in [0.4, 0.5) is 87.8 Å². The van der Waals surface area contributed by atoms with Crippen molar-refractivity contribution in [3.05, 3.63) is 194 Å². The monoisotopic (exact) mass is 1020 g/mol. The Kier molecular flexibility index (Phi) is 15.6. The summed E-state index contributed by atoms with van der Waals surface area (Å²) < 4.78 is 305. The highest BCUT2D eigenvalue weighted by molar-refractivity contribution is 7.20. The van der Waals surface area contributed by atoms with Crippen LogP contribution in [0.2, 0.25) is 0 Å². The molecular formula is C43H18BF20NO5. The molecule has 0 unspecified atom stereocenters. The van der Waals surface area contributed by atoms with Gasteiger partial charge < -0.3 is 9.47 Å². The molecule has 0 amide bonds. The highest BCUT2D eigenvalue weighted by Gasteiger charge is 2.52. The summed E-state index contributed by atoms with van der Waals surface area (Å²) in [4.78, 5) is 37.2. The van der Waals surface area contributed by atoms with Crippen LogP contribution in [-0.4, -0.2) is 38.1 Å². The number of aromatic nitrogens is 1. The molecule has 70 heavy (non-hydrogen) atoms. The van der Waals surface area contributed by atoms with E-state index in [1.165, 1.54) is 0 Å². The lowest BCUT2D eigenvalue weighted by Crippen LogP contribution is -2.81. The number of ketones is 1. The van der Waals surface area contributed by atoms with Gasteiger partial charge in [-0.2, -0.15) is 0 Å². The Balaban J connectivity index is 0.000000308. The molecule has 0 spiro atoms. The quantitative estimate of drug-likeness (QED) is 0.0137. The number of Topliss-reactive ketones (excluding diaryl/α,β-unsaturated/α-hetero) is 1. The maximum Gasteiger partial charge on any atom is 0.345 e. The molecule has 0 fully saturated rings. The standard InChI is InChI=1S/C24BF20.C19H18NO5/c26-5-1(6(27)14(35)21(42)13(5)34)25(2-7(28)15(36)22(43)16(37)8(2)29,3-9(30)17(38)23(44)18(39)10(3)31)4-11(32)19(40)24(45)20(41)12(4)33;1-24-18(22)16(19(23)25-2)15(13-20-11-7-4-8-12-20)17(21)14-9-5-3-6-10-14/h;3-12H,13H2,1-2H3/q-1;+1. The lowest BCUT2D eigenvalue weighted by molar-refractivity contribution is -0.688. The van der Waals surface area contributed by atoms with Crippen LogP contribution in [0.15, 0.2) is 72.1 Å². The third kappa shape index (κ3) is 8.67. The number of ether oxygens (including phenoxy) is 2. The molecule has 0 atom stereocenters. The number of benzene rings is 5. The fourth-order valence-electron chi connectivity index (χ4n) is 7.16. The molecule has 1 heterocycles. The number of rotatable bonds is 10. The van der Waals surface area contributed by atoms with Crippen molar-refractivity contribution in [2.45, 2.75) is 6.54 Å². The third-order valence-corrected chi connectivity index (χ3v) is 10.2. The second-order valence-electron chi connectivity index (χ2n) is 13.9. The maximum absolute atomic E-state index is 15.4. The fraction of sp³-hybridized carbons (Fsp3) is 0.0698. The van der Waals surface area contributed by atoms with E-state index < -0.39 is 168 Å². The average molecular weight is 1020 g/mol. The first-order valence-electron chi connectivity index (χ1n) is 18.5. The Morgan fingerprint density at radius 3 is 0.886 bits per heavy atom. The molecule has 1 aromatic heterocycles. The third-order valence-electron chi connectivity index (χ3n) is 10.2. The molecule has 6 nitrogen and oxygen atoms in total. The van der Waals surface area contributed by atoms with E-state index in [0.29, 0.717) is 5.56 Å². The molecule has 5 aromatic carbocycles. The van der Waals surface area contributed by atoms with E-state index in [4.69, 9.17) is 0 Å². The summed E-state index contributed by atoms with van der Waals surface area (Å²) in [5.41, 5.74) is -14.4. The van der Waals surface area contributed by atoms with Crippen LogP contribution in [0.5, 0.6) is 0 Å². The average Bonchev–Trinajstić information content (AvgIpc) is 3.36. The Bertz CT molecular complexity index is 2760. The van der Waals surface area contributed by atoms with Crippen LogP contribution in [0.1, 0.15) is 10.4 Å². The van der Waals surface area contributed by atoms with Crippen LogP contribution in [0.25, 0.3) is 0 Å². The van der Waals surface area contributed by atoms with Crippen LogP contribution in [-0.2, 0) is 25.6 Å². The molecular weight excluding hydrogens is 1000 g/mol. The lowest BCUT2D eigenvalue weighted by Gasteiger charge is -2.44. The summed E-state index contributed by atoms with van der Waals surface area (Å²) in [5, 5.41) is 0. The van der Waals surface area contributed by atoms with Crippen molar-refractivity contribution in [3.8, 4) is 0 Å². The highest BCUT2D eigenvalue weighted by atomic mass is 19.2. The zero-order valence-corrected chi connectivity index (χ0v) is 34.1. The van der Waals surface area contributed by atoms with E-state index in [1.54, 1.807) is 59.4 Å². The number of allylic oxidation sites excluding steroid dienone is 1. The largest absolute Gasteiger partial charge is 0.465 e. The minimum atomic E-state index is -7.22. The van der Waals surface area contributed by atoms with Crippen molar-refractivity contribution in [1.82, 2.24) is 0 Å². The summed E-state index contributed by atoms with van der Waals surface area (Å²) in [7, 11) is 2.29. The van der Waals surface area contributed by atoms with Crippen molar-refractivity contribution < 1.29 is 116 Å². The van der Waals surface area contributed by atoms with Gasteiger partial charge in [-0.05, 0) is 0 Å². The van der Waals surface area contributed by atoms with E-state index in [0.717, 1.165) is 14.2 Å². The second-order valence-corrected chi connectivity index (χ2v) is 13.9. The second kappa shape index (κ2) is 20.5. The number of esters is 2. The topological polar surface area (TPSA) is 73.6 Å². The van der Waals surface area contributed by atoms with Gasteiger partial charge in [0.05, 0.1) is 19.8 Å². The van der Waals surface area contributed by atoms with Gasteiger partial charge in [0.1, 0.15) is 52.7 Å². The van der Waals surface area contributed by atoms with E-state index >= 15 is 35.1 Å². The lowest BCUT2D eigenvalue weighted by atomic mass is 9.12. The molecule has 0 saturated heterocycles. The van der Waals surface area contributed by atoms with Crippen molar-refractivity contribution in [3.63, 3.8) is 0 Å². The zero-order chi connectivity index (χ0) is 52.6. The molecule has 368 valence electrons. The summed E-state index contributed by atoms with van der Waals surface area (Å²) >= 11 is 0. The highest BCUT2D eigenvalue weighted by Crippen LogP contribution is 2.31. The molecule has 27 heteroatoms. The van der Waals surface area contributed by atoms with Gasteiger partial charge in [-0.25, -0.2) is 102 Å². The molecule has 6 aromatic rings. The SMILES string of the molecule is COC(=O)C(C(=O)OC)=C(C[n+]1ccccc1)C(=O)c1ccccc1.Fc1c(F)c(F)c([B-](c2c(F)c(F)c(F)c(F)c2F)(c2c(F)c(F)c(F)c(F)c2F)c2c(F)c(F)c(F)c(F)c2F)c(F)c1F. The van der Waals surface area contributed by atoms with Crippen molar-refractivity contribution in [1.29, 1.82) is 0 Å². The van der Waals surface area contributed by atoms with Gasteiger partial charge >= 0.3 is 11.9 Å². The van der Waals surface area contributed by atoms with Crippen LogP contribution < -0.4 is 26.4 Å². The van der Waals surface area contributed by atoms with E-state index in [9.17, 15) is 67.1 Å². The van der Waals surface area contributed by atoms with E-state index in [-0.39, 0.29) is 12.1 Å². The number of halogens is 20. The first kappa shape index (κ1) is 53.2. The molecule has 0 radical (unpaired) electrons. The van der Waals surface area contributed by atoms with Crippen LogP contribution >= 0.6 is 0 Å². The number of methoxy groups -OCH3 is 2. The summed E-state index contributed by atoms with van der Waals surface area (Å²) in [6, 6.07) is 13.8. The number of hydrogen-bond acceptors (Lipinski definition) is 5. The van der Waals surface area contributed by atoms with E-state index in [2.05, 4.69) is 9.47 Å². The zero-order valence-electron chi connectivity index (χ0n) is 34.1. The van der Waals surface area contributed by atoms with Crippen LogP contribution in [0, 0.1) is 116 Å². The Hall–Kier alpha value is -7.74. The van der Waals surface area contributed by atoms with Gasteiger partial charge in [0.15, 0.2) is 100 Å². The summed E-state index contributed by atoms with van der Waals surface area (Å²) in [5.74, 6) is -73.7. The van der Waals surface area contributed by atoms with Gasteiger partial charge in [0.2, 0.25) is 0 Å².